The highest BCUT2D eigenvalue weighted by Gasteiger charge is 2.19. The Morgan fingerprint density at radius 1 is 1.45 bits per heavy atom. The highest BCUT2D eigenvalue weighted by Crippen LogP contribution is 2.25. The topological polar surface area (TPSA) is 55.1 Å². The monoisotopic (exact) mass is 307 g/mol. The average Bonchev–Trinajstić information content (AvgIpc) is 3.11. The van der Waals surface area contributed by atoms with Crippen LogP contribution in [0.2, 0.25) is 0 Å². The second kappa shape index (κ2) is 5.99. The van der Waals surface area contributed by atoms with Crippen LogP contribution in [-0.4, -0.2) is 26.0 Å². The van der Waals surface area contributed by atoms with Gasteiger partial charge in [0.1, 0.15) is 0 Å². The van der Waals surface area contributed by atoms with Gasteiger partial charge in [0.05, 0.1) is 22.3 Å². The van der Waals surface area contributed by atoms with Crippen molar-refractivity contribution in [3.05, 3.63) is 34.0 Å². The number of nitrogens with one attached hydrogen (secondary N) is 1. The molecule has 7 heteroatoms. The molecule has 0 aromatic carbocycles. The van der Waals surface area contributed by atoms with Gasteiger partial charge in [0.25, 0.3) is 0 Å². The van der Waals surface area contributed by atoms with Gasteiger partial charge < -0.3 is 5.32 Å². The summed E-state index contributed by atoms with van der Waals surface area (Å²) < 4.78 is 6.19. The van der Waals surface area contributed by atoms with Crippen molar-refractivity contribution in [1.82, 2.24) is 24.3 Å². The van der Waals surface area contributed by atoms with Crippen molar-refractivity contribution in [2.45, 2.75) is 32.2 Å². The third kappa shape index (κ3) is 2.61. The average molecular weight is 307 g/mol. The summed E-state index contributed by atoms with van der Waals surface area (Å²) in [5, 5.41) is 9.68. The van der Waals surface area contributed by atoms with Gasteiger partial charge in [-0.2, -0.15) is 0 Å². The number of fused-ring (bicyclic) bond motifs is 1. The van der Waals surface area contributed by atoms with E-state index in [2.05, 4.69) is 37.4 Å². The zero-order chi connectivity index (χ0) is 13.9. The standard InChI is InChI=1S/C13H17N5S2/c1-3-4-10-12(20-17-16-10)11(14-2)7-9-8-18-5-6-19-13(18)15-9/h5-6,8,11,14H,3-4,7H2,1-2H3. The van der Waals surface area contributed by atoms with Crippen molar-refractivity contribution >= 4 is 27.8 Å². The molecule has 5 nitrogen and oxygen atoms in total. The van der Waals surface area contributed by atoms with E-state index in [1.54, 1.807) is 11.3 Å². The molecule has 1 unspecified atom stereocenters. The molecule has 0 saturated carbocycles. The predicted octanol–water partition coefficient (Wildman–Crippen LogP) is 2.70. The fourth-order valence-electron chi connectivity index (χ4n) is 2.30. The number of imidazole rings is 1. The first-order valence-corrected chi connectivity index (χ1v) is 8.36. The Morgan fingerprint density at radius 3 is 3.10 bits per heavy atom. The Labute approximate surface area is 125 Å². The number of hydrogen-bond donors (Lipinski definition) is 1. The number of nitrogens with zero attached hydrogens (tertiary/aromatic N) is 4. The Kier molecular flexibility index (Phi) is 4.09. The van der Waals surface area contributed by atoms with Crippen LogP contribution in [0.1, 0.15) is 35.7 Å². The van der Waals surface area contributed by atoms with Crippen molar-refractivity contribution in [2.75, 3.05) is 7.05 Å². The summed E-state index contributed by atoms with van der Waals surface area (Å²) in [6.07, 6.45) is 7.09. The summed E-state index contributed by atoms with van der Waals surface area (Å²) in [6, 6.07) is 0.237. The minimum atomic E-state index is 0.237. The molecule has 0 saturated heterocycles. The highest BCUT2D eigenvalue weighted by atomic mass is 32.1. The van der Waals surface area contributed by atoms with Crippen molar-refractivity contribution < 1.29 is 0 Å². The van der Waals surface area contributed by atoms with E-state index < -0.39 is 0 Å². The predicted molar refractivity (Wildman–Crippen MR) is 82.5 cm³/mol. The molecule has 3 aromatic rings. The van der Waals surface area contributed by atoms with Gasteiger partial charge in [0.15, 0.2) is 4.96 Å². The van der Waals surface area contributed by atoms with E-state index in [-0.39, 0.29) is 6.04 Å². The molecule has 0 radical (unpaired) electrons. The molecule has 3 rings (SSSR count). The van der Waals surface area contributed by atoms with Crippen LogP contribution in [0.4, 0.5) is 0 Å². The van der Waals surface area contributed by atoms with E-state index in [4.69, 9.17) is 0 Å². The maximum Gasteiger partial charge on any atom is 0.193 e. The molecule has 0 bridgehead atoms. The fourth-order valence-corrected chi connectivity index (χ4v) is 3.82. The maximum atomic E-state index is 4.65. The summed E-state index contributed by atoms with van der Waals surface area (Å²) in [7, 11) is 1.98. The van der Waals surface area contributed by atoms with Gasteiger partial charge >= 0.3 is 0 Å². The van der Waals surface area contributed by atoms with Gasteiger partial charge in [-0.05, 0) is 25.0 Å². The third-order valence-corrected chi connectivity index (χ3v) is 4.94. The number of rotatable bonds is 6. The first-order chi connectivity index (χ1) is 9.81. The first-order valence-electron chi connectivity index (χ1n) is 6.71. The molecule has 3 heterocycles. The van der Waals surface area contributed by atoms with Crippen molar-refractivity contribution in [1.29, 1.82) is 0 Å². The Balaban J connectivity index is 1.82. The Morgan fingerprint density at radius 2 is 2.35 bits per heavy atom. The summed E-state index contributed by atoms with van der Waals surface area (Å²) in [4.78, 5) is 6.94. The van der Waals surface area contributed by atoms with Gasteiger partial charge in [-0.15, -0.1) is 16.4 Å². The van der Waals surface area contributed by atoms with Crippen molar-refractivity contribution in [3.63, 3.8) is 0 Å². The second-order valence-electron chi connectivity index (χ2n) is 4.70. The van der Waals surface area contributed by atoms with E-state index in [1.807, 2.05) is 18.6 Å². The molecule has 1 atom stereocenters. The van der Waals surface area contributed by atoms with Crippen LogP contribution in [0.25, 0.3) is 4.96 Å². The van der Waals surface area contributed by atoms with Crippen LogP contribution < -0.4 is 5.32 Å². The molecule has 0 spiro atoms. The maximum absolute atomic E-state index is 4.65. The molecular weight excluding hydrogens is 290 g/mol. The van der Waals surface area contributed by atoms with Crippen LogP contribution in [-0.2, 0) is 12.8 Å². The molecule has 0 amide bonds. The quantitative estimate of drug-likeness (QED) is 0.761. The summed E-state index contributed by atoms with van der Waals surface area (Å²) >= 11 is 3.16. The lowest BCUT2D eigenvalue weighted by molar-refractivity contribution is 0.587. The molecule has 106 valence electrons. The van der Waals surface area contributed by atoms with Crippen molar-refractivity contribution in [2.24, 2.45) is 0 Å². The molecule has 0 aliphatic rings. The lowest BCUT2D eigenvalue weighted by Crippen LogP contribution is -2.19. The molecule has 1 N–H and O–H groups in total. The van der Waals surface area contributed by atoms with Gasteiger partial charge in [0, 0.05) is 24.2 Å². The zero-order valence-corrected chi connectivity index (χ0v) is 13.2. The van der Waals surface area contributed by atoms with Crippen LogP contribution >= 0.6 is 22.9 Å². The zero-order valence-electron chi connectivity index (χ0n) is 11.5. The summed E-state index contributed by atoms with van der Waals surface area (Å²) in [5.74, 6) is 0. The van der Waals surface area contributed by atoms with E-state index in [9.17, 15) is 0 Å². The van der Waals surface area contributed by atoms with E-state index in [0.717, 1.165) is 35.6 Å². The molecule has 0 aliphatic carbocycles. The van der Waals surface area contributed by atoms with Gasteiger partial charge in [-0.3, -0.25) is 4.40 Å². The van der Waals surface area contributed by atoms with E-state index >= 15 is 0 Å². The minimum Gasteiger partial charge on any atom is -0.312 e. The molecule has 0 fully saturated rings. The molecule has 0 aliphatic heterocycles. The van der Waals surface area contributed by atoms with Crippen LogP contribution in [0.3, 0.4) is 0 Å². The number of likely N-dealkylation sites (N-methyl/N-ethyl adjacent to an activating group) is 1. The SMILES string of the molecule is CCCc1nnsc1C(Cc1cn2ccsc2n1)NC. The molecule has 3 aromatic heterocycles. The van der Waals surface area contributed by atoms with Crippen LogP contribution in [0, 0.1) is 0 Å². The van der Waals surface area contributed by atoms with Gasteiger partial charge in [-0.1, -0.05) is 17.8 Å². The molecular formula is C13H17N5S2. The van der Waals surface area contributed by atoms with Crippen LogP contribution in [0.5, 0.6) is 0 Å². The Bertz CT molecular complexity index is 655. The van der Waals surface area contributed by atoms with Crippen LogP contribution in [0.15, 0.2) is 17.8 Å². The Hall–Kier alpha value is -1.31. The smallest absolute Gasteiger partial charge is 0.193 e. The van der Waals surface area contributed by atoms with Gasteiger partial charge in [-0.25, -0.2) is 4.98 Å². The summed E-state index contributed by atoms with van der Waals surface area (Å²) in [5.41, 5.74) is 2.23. The number of thiazole rings is 1. The first kappa shape index (κ1) is 13.7. The number of aryl methyl sites for hydroxylation is 1. The number of hydrogen-bond acceptors (Lipinski definition) is 6. The highest BCUT2D eigenvalue weighted by molar-refractivity contribution is 7.15. The summed E-state index contributed by atoms with van der Waals surface area (Å²) in [6.45, 7) is 2.17. The van der Waals surface area contributed by atoms with Gasteiger partial charge in [0.2, 0.25) is 0 Å². The largest absolute Gasteiger partial charge is 0.312 e. The number of aromatic nitrogens is 4. The fraction of sp³-hybridized carbons (Fsp3) is 0.462. The normalized spacial score (nSPS) is 13.1. The molecule has 20 heavy (non-hydrogen) atoms. The minimum absolute atomic E-state index is 0.237. The van der Waals surface area contributed by atoms with Crippen molar-refractivity contribution in [3.8, 4) is 0 Å². The van der Waals surface area contributed by atoms with E-state index in [0.29, 0.717) is 0 Å². The lowest BCUT2D eigenvalue weighted by atomic mass is 10.1. The van der Waals surface area contributed by atoms with E-state index in [1.165, 1.54) is 16.4 Å². The third-order valence-electron chi connectivity index (χ3n) is 3.29. The lowest BCUT2D eigenvalue weighted by Gasteiger charge is -2.13. The second-order valence-corrected chi connectivity index (χ2v) is 6.36.